The van der Waals surface area contributed by atoms with Gasteiger partial charge in [-0.05, 0) is 30.7 Å². The third-order valence-corrected chi connectivity index (χ3v) is 2.86. The minimum Gasteiger partial charge on any atom is -0.399 e. The number of aromatic amines is 1. The average Bonchev–Trinajstić information content (AvgIpc) is 2.78. The predicted octanol–water partition coefficient (Wildman–Crippen LogP) is 1.49. The maximum Gasteiger partial charge on any atom is 0.183 e. The fraction of sp³-hybridized carbons (Fsp3) is 0.0833. The molecular weight excluding hydrogens is 228 g/mol. The van der Waals surface area contributed by atoms with Gasteiger partial charge in [0.15, 0.2) is 11.5 Å². The molecule has 0 fully saturated rings. The normalized spacial score (nSPS) is 10.9. The monoisotopic (exact) mass is 240 g/mol. The zero-order chi connectivity index (χ0) is 12.7. The number of nitrogens with two attached hydrogens (primary N) is 2. The van der Waals surface area contributed by atoms with Crippen molar-refractivity contribution in [3.63, 3.8) is 0 Å². The molecule has 0 aliphatic carbocycles. The van der Waals surface area contributed by atoms with Gasteiger partial charge in [-0.25, -0.2) is 15.0 Å². The van der Waals surface area contributed by atoms with E-state index in [9.17, 15) is 0 Å². The van der Waals surface area contributed by atoms with Crippen LogP contribution in [0.4, 0.5) is 11.5 Å². The summed E-state index contributed by atoms with van der Waals surface area (Å²) in [4.78, 5) is 15.5. The summed E-state index contributed by atoms with van der Waals surface area (Å²) in [5.74, 6) is 1.10. The number of hydrogen-bond acceptors (Lipinski definition) is 5. The third kappa shape index (κ3) is 1.55. The van der Waals surface area contributed by atoms with Crippen LogP contribution >= 0.6 is 0 Å². The molecule has 0 bridgehead atoms. The molecule has 1 aromatic carbocycles. The van der Waals surface area contributed by atoms with Crippen molar-refractivity contribution in [2.45, 2.75) is 6.92 Å². The number of benzene rings is 1. The lowest BCUT2D eigenvalue weighted by molar-refractivity contribution is 1.21. The number of anilines is 2. The van der Waals surface area contributed by atoms with Gasteiger partial charge in [-0.1, -0.05) is 0 Å². The van der Waals surface area contributed by atoms with E-state index in [4.69, 9.17) is 11.5 Å². The van der Waals surface area contributed by atoms with Gasteiger partial charge in [-0.3, -0.25) is 0 Å². The summed E-state index contributed by atoms with van der Waals surface area (Å²) in [6, 6.07) is 5.73. The SMILES string of the molecule is Cc1cc(-c2nc3ncnc(N)c3[nH]2)ccc1N. The zero-order valence-electron chi connectivity index (χ0n) is 9.81. The Kier molecular flexibility index (Phi) is 2.16. The first kappa shape index (κ1) is 10.5. The Bertz CT molecular complexity index is 731. The van der Waals surface area contributed by atoms with Crippen LogP contribution < -0.4 is 11.5 Å². The van der Waals surface area contributed by atoms with Gasteiger partial charge in [-0.15, -0.1) is 0 Å². The average molecular weight is 240 g/mol. The number of nitrogens with zero attached hydrogens (tertiary/aromatic N) is 3. The molecule has 5 N–H and O–H groups in total. The van der Waals surface area contributed by atoms with E-state index >= 15 is 0 Å². The van der Waals surface area contributed by atoms with Crippen LogP contribution in [0, 0.1) is 6.92 Å². The molecule has 2 aromatic heterocycles. The summed E-state index contributed by atoms with van der Waals surface area (Å²) >= 11 is 0. The van der Waals surface area contributed by atoms with Crippen LogP contribution in [0.1, 0.15) is 5.56 Å². The smallest absolute Gasteiger partial charge is 0.183 e. The second-order valence-corrected chi connectivity index (χ2v) is 4.11. The molecule has 0 atom stereocenters. The lowest BCUT2D eigenvalue weighted by Crippen LogP contribution is -1.92. The van der Waals surface area contributed by atoms with E-state index in [-0.39, 0.29) is 0 Å². The van der Waals surface area contributed by atoms with E-state index in [1.54, 1.807) is 0 Å². The lowest BCUT2D eigenvalue weighted by atomic mass is 10.1. The van der Waals surface area contributed by atoms with E-state index in [1.165, 1.54) is 6.33 Å². The molecule has 18 heavy (non-hydrogen) atoms. The van der Waals surface area contributed by atoms with E-state index < -0.39 is 0 Å². The minimum absolute atomic E-state index is 0.394. The quantitative estimate of drug-likeness (QED) is 0.559. The van der Waals surface area contributed by atoms with Gasteiger partial charge in [0.05, 0.1) is 0 Å². The van der Waals surface area contributed by atoms with Gasteiger partial charge in [0.1, 0.15) is 17.7 Å². The number of nitrogen functional groups attached to an aromatic ring is 2. The highest BCUT2D eigenvalue weighted by atomic mass is 15.0. The van der Waals surface area contributed by atoms with Crippen LogP contribution in [0.2, 0.25) is 0 Å². The Morgan fingerprint density at radius 1 is 1.17 bits per heavy atom. The van der Waals surface area contributed by atoms with Crippen LogP contribution in [0.25, 0.3) is 22.6 Å². The van der Waals surface area contributed by atoms with Crippen molar-refractivity contribution in [2.75, 3.05) is 11.5 Å². The summed E-state index contributed by atoms with van der Waals surface area (Å²) in [5, 5.41) is 0. The number of H-pyrrole nitrogens is 1. The van der Waals surface area contributed by atoms with E-state index in [0.717, 1.165) is 16.8 Å². The number of hydrogen-bond donors (Lipinski definition) is 3. The zero-order valence-corrected chi connectivity index (χ0v) is 9.81. The van der Waals surface area contributed by atoms with Crippen molar-refractivity contribution in [3.8, 4) is 11.4 Å². The van der Waals surface area contributed by atoms with E-state index in [2.05, 4.69) is 19.9 Å². The van der Waals surface area contributed by atoms with Crippen molar-refractivity contribution >= 4 is 22.7 Å². The van der Waals surface area contributed by atoms with Gasteiger partial charge in [0.2, 0.25) is 0 Å². The Morgan fingerprint density at radius 2 is 2.00 bits per heavy atom. The molecular formula is C12H12N6. The largest absolute Gasteiger partial charge is 0.399 e. The highest BCUT2D eigenvalue weighted by Gasteiger charge is 2.09. The fourth-order valence-corrected chi connectivity index (χ4v) is 1.81. The Labute approximate surface area is 103 Å². The summed E-state index contributed by atoms with van der Waals surface area (Å²) in [6.07, 6.45) is 1.40. The number of imidazole rings is 1. The Balaban J connectivity index is 2.19. The maximum atomic E-state index is 5.79. The molecule has 2 heterocycles. The Morgan fingerprint density at radius 3 is 2.72 bits per heavy atom. The van der Waals surface area contributed by atoms with Crippen LogP contribution in [0.3, 0.4) is 0 Å². The molecule has 0 aliphatic heterocycles. The predicted molar refractivity (Wildman–Crippen MR) is 70.7 cm³/mol. The second kappa shape index (κ2) is 3.69. The fourth-order valence-electron chi connectivity index (χ4n) is 1.81. The maximum absolute atomic E-state index is 5.79. The minimum atomic E-state index is 0.394. The lowest BCUT2D eigenvalue weighted by Gasteiger charge is -2.01. The molecule has 6 nitrogen and oxygen atoms in total. The van der Waals surface area contributed by atoms with Gasteiger partial charge in [0, 0.05) is 11.3 Å². The number of nitrogens with one attached hydrogen (secondary N) is 1. The van der Waals surface area contributed by atoms with Crippen LogP contribution in [-0.2, 0) is 0 Å². The first-order valence-electron chi connectivity index (χ1n) is 5.48. The summed E-state index contributed by atoms with van der Waals surface area (Å²) in [6.45, 7) is 1.95. The van der Waals surface area contributed by atoms with E-state index in [0.29, 0.717) is 22.8 Å². The molecule has 0 unspecified atom stereocenters. The van der Waals surface area contributed by atoms with Crippen molar-refractivity contribution in [3.05, 3.63) is 30.1 Å². The highest BCUT2D eigenvalue weighted by molar-refractivity contribution is 5.84. The number of aromatic nitrogens is 4. The highest BCUT2D eigenvalue weighted by Crippen LogP contribution is 2.24. The molecule has 0 saturated heterocycles. The van der Waals surface area contributed by atoms with Crippen molar-refractivity contribution in [1.29, 1.82) is 0 Å². The molecule has 3 rings (SSSR count). The van der Waals surface area contributed by atoms with Crippen LogP contribution in [0.15, 0.2) is 24.5 Å². The van der Waals surface area contributed by atoms with Gasteiger partial charge >= 0.3 is 0 Å². The number of rotatable bonds is 1. The molecule has 6 heteroatoms. The van der Waals surface area contributed by atoms with Gasteiger partial charge < -0.3 is 16.5 Å². The molecule has 0 spiro atoms. The van der Waals surface area contributed by atoms with Crippen molar-refractivity contribution in [2.24, 2.45) is 0 Å². The molecule has 3 aromatic rings. The first-order valence-corrected chi connectivity index (χ1v) is 5.48. The Hall–Kier alpha value is -2.63. The summed E-state index contributed by atoms with van der Waals surface area (Å²) in [7, 11) is 0. The third-order valence-electron chi connectivity index (χ3n) is 2.86. The van der Waals surface area contributed by atoms with Crippen LogP contribution in [0.5, 0.6) is 0 Å². The van der Waals surface area contributed by atoms with Crippen LogP contribution in [-0.4, -0.2) is 19.9 Å². The second-order valence-electron chi connectivity index (χ2n) is 4.11. The number of fused-ring (bicyclic) bond motifs is 1. The molecule has 0 saturated carbocycles. The topological polar surface area (TPSA) is 106 Å². The molecule has 0 radical (unpaired) electrons. The van der Waals surface area contributed by atoms with Gasteiger partial charge in [-0.2, -0.15) is 0 Å². The molecule has 90 valence electrons. The number of aryl methyl sites for hydroxylation is 1. The first-order chi connectivity index (χ1) is 8.65. The molecule has 0 aliphatic rings. The van der Waals surface area contributed by atoms with E-state index in [1.807, 2.05) is 25.1 Å². The van der Waals surface area contributed by atoms with Gasteiger partial charge in [0.25, 0.3) is 0 Å². The standard InChI is InChI=1S/C12H12N6/c1-6-4-7(2-3-8(6)13)11-17-9-10(14)15-5-16-12(9)18-11/h2-5H,13H2,1H3,(H3,14,15,16,17,18). The van der Waals surface area contributed by atoms with Crippen molar-refractivity contribution in [1.82, 2.24) is 19.9 Å². The summed E-state index contributed by atoms with van der Waals surface area (Å²) < 4.78 is 0. The molecule has 0 amide bonds. The summed E-state index contributed by atoms with van der Waals surface area (Å²) in [5.41, 5.74) is 15.5. The van der Waals surface area contributed by atoms with Crippen molar-refractivity contribution < 1.29 is 0 Å².